The molecule has 3 heterocycles. The number of pyridine rings is 1. The lowest BCUT2D eigenvalue weighted by atomic mass is 10.2. The SMILES string of the molecule is C.Clc1ccccc1-c1ncnc(Nc2n[nH]c3cnccc23)n1. The standard InChI is InChI=1S/C15H10ClN7.CH4/c16-11-4-2-1-3-9(11)13-18-8-19-15(20-13)21-14-10-5-6-17-7-12(10)22-23-14;/h1-8H,(H2,18,19,20,21,22,23);1H4. The first-order valence-corrected chi connectivity index (χ1v) is 7.18. The fraction of sp³-hybridized carbons (Fsp3) is 0.0625. The quantitative estimate of drug-likeness (QED) is 0.589. The van der Waals surface area contributed by atoms with Crippen LogP contribution in [0.4, 0.5) is 11.8 Å². The van der Waals surface area contributed by atoms with E-state index in [1.807, 2.05) is 24.3 Å². The third-order valence-corrected chi connectivity index (χ3v) is 3.61. The van der Waals surface area contributed by atoms with Crippen molar-refractivity contribution in [1.82, 2.24) is 30.1 Å². The van der Waals surface area contributed by atoms with Gasteiger partial charge in [0.2, 0.25) is 5.95 Å². The summed E-state index contributed by atoms with van der Waals surface area (Å²) in [4.78, 5) is 16.7. The molecule has 0 aliphatic rings. The minimum absolute atomic E-state index is 0. The van der Waals surface area contributed by atoms with Gasteiger partial charge in [-0.2, -0.15) is 10.1 Å². The number of anilines is 2. The summed E-state index contributed by atoms with van der Waals surface area (Å²) in [5.74, 6) is 1.51. The number of halogens is 1. The van der Waals surface area contributed by atoms with Crippen molar-refractivity contribution < 1.29 is 0 Å². The van der Waals surface area contributed by atoms with Crippen molar-refractivity contribution in [2.24, 2.45) is 0 Å². The van der Waals surface area contributed by atoms with Crippen molar-refractivity contribution in [3.8, 4) is 11.4 Å². The van der Waals surface area contributed by atoms with Crippen LogP contribution in [-0.2, 0) is 0 Å². The molecule has 0 amide bonds. The number of aromatic nitrogens is 6. The van der Waals surface area contributed by atoms with E-state index in [-0.39, 0.29) is 7.43 Å². The number of aromatic amines is 1. The molecule has 0 radical (unpaired) electrons. The molecule has 0 aliphatic heterocycles. The molecule has 4 aromatic rings. The molecule has 2 N–H and O–H groups in total. The molecule has 0 fully saturated rings. The first-order valence-electron chi connectivity index (χ1n) is 6.80. The second-order valence-corrected chi connectivity index (χ2v) is 5.14. The monoisotopic (exact) mass is 339 g/mol. The predicted molar refractivity (Wildman–Crippen MR) is 94.2 cm³/mol. The van der Waals surface area contributed by atoms with E-state index < -0.39 is 0 Å². The third-order valence-electron chi connectivity index (χ3n) is 3.28. The largest absolute Gasteiger partial charge is 0.307 e. The maximum Gasteiger partial charge on any atom is 0.231 e. The molecule has 0 bridgehead atoms. The van der Waals surface area contributed by atoms with E-state index in [2.05, 4.69) is 35.5 Å². The van der Waals surface area contributed by atoms with E-state index in [4.69, 9.17) is 11.6 Å². The summed E-state index contributed by atoms with van der Waals surface area (Å²) in [6.45, 7) is 0. The average Bonchev–Trinajstić information content (AvgIpc) is 2.99. The van der Waals surface area contributed by atoms with Crippen LogP contribution >= 0.6 is 11.6 Å². The van der Waals surface area contributed by atoms with Gasteiger partial charge in [-0.1, -0.05) is 31.2 Å². The van der Waals surface area contributed by atoms with E-state index >= 15 is 0 Å². The maximum atomic E-state index is 6.19. The van der Waals surface area contributed by atoms with Gasteiger partial charge >= 0.3 is 0 Å². The van der Waals surface area contributed by atoms with Crippen LogP contribution in [0, 0.1) is 0 Å². The van der Waals surface area contributed by atoms with E-state index in [0.717, 1.165) is 16.5 Å². The Labute approximate surface area is 143 Å². The van der Waals surface area contributed by atoms with Crippen molar-refractivity contribution in [3.05, 3.63) is 54.1 Å². The van der Waals surface area contributed by atoms with Crippen LogP contribution in [0.3, 0.4) is 0 Å². The molecule has 0 saturated heterocycles. The van der Waals surface area contributed by atoms with Gasteiger partial charge in [0.15, 0.2) is 11.6 Å². The van der Waals surface area contributed by atoms with Gasteiger partial charge in [-0.05, 0) is 18.2 Å². The van der Waals surface area contributed by atoms with Crippen LogP contribution in [-0.4, -0.2) is 30.1 Å². The predicted octanol–water partition coefficient (Wildman–Crippen LogP) is 3.84. The lowest BCUT2D eigenvalue weighted by Gasteiger charge is -2.05. The number of rotatable bonds is 3. The Kier molecular flexibility index (Phi) is 4.35. The summed E-state index contributed by atoms with van der Waals surface area (Å²) in [6, 6.07) is 9.25. The zero-order chi connectivity index (χ0) is 15.6. The van der Waals surface area contributed by atoms with E-state index in [9.17, 15) is 0 Å². The van der Waals surface area contributed by atoms with Crippen LogP contribution in [0.1, 0.15) is 7.43 Å². The highest BCUT2D eigenvalue weighted by molar-refractivity contribution is 6.33. The van der Waals surface area contributed by atoms with E-state index in [0.29, 0.717) is 22.6 Å². The number of nitrogens with zero attached hydrogens (tertiary/aromatic N) is 5. The molecule has 1 aromatic carbocycles. The molecule has 4 rings (SSSR count). The summed E-state index contributed by atoms with van der Waals surface area (Å²) >= 11 is 6.19. The van der Waals surface area contributed by atoms with Gasteiger partial charge < -0.3 is 5.32 Å². The highest BCUT2D eigenvalue weighted by Crippen LogP contribution is 2.26. The van der Waals surface area contributed by atoms with Crippen molar-refractivity contribution in [1.29, 1.82) is 0 Å². The number of H-pyrrole nitrogens is 1. The van der Waals surface area contributed by atoms with Gasteiger partial charge in [0.05, 0.1) is 16.7 Å². The third kappa shape index (κ3) is 2.89. The molecule has 0 spiro atoms. The van der Waals surface area contributed by atoms with Gasteiger partial charge in [0, 0.05) is 17.1 Å². The highest BCUT2D eigenvalue weighted by atomic mass is 35.5. The topological polar surface area (TPSA) is 92.3 Å². The number of hydrogen-bond donors (Lipinski definition) is 2. The van der Waals surface area contributed by atoms with Gasteiger partial charge in [-0.3, -0.25) is 10.1 Å². The Morgan fingerprint density at radius 1 is 1.08 bits per heavy atom. The number of benzene rings is 1. The molecular formula is C16H14ClN7. The maximum absolute atomic E-state index is 6.19. The van der Waals surface area contributed by atoms with Crippen molar-refractivity contribution in [2.45, 2.75) is 7.43 Å². The first-order chi connectivity index (χ1) is 11.3. The molecule has 0 unspecified atom stereocenters. The number of hydrogen-bond acceptors (Lipinski definition) is 6. The van der Waals surface area contributed by atoms with Gasteiger partial charge in [-0.15, -0.1) is 0 Å². The molecule has 0 atom stereocenters. The van der Waals surface area contributed by atoms with Crippen molar-refractivity contribution >= 4 is 34.3 Å². The molecule has 0 saturated carbocycles. The van der Waals surface area contributed by atoms with Gasteiger partial charge in [-0.25, -0.2) is 9.97 Å². The number of fused-ring (bicyclic) bond motifs is 1. The molecule has 7 nitrogen and oxygen atoms in total. The Morgan fingerprint density at radius 2 is 1.96 bits per heavy atom. The van der Waals surface area contributed by atoms with Crippen LogP contribution in [0.15, 0.2) is 49.1 Å². The van der Waals surface area contributed by atoms with Crippen molar-refractivity contribution in [3.63, 3.8) is 0 Å². The minimum atomic E-state index is 0. The van der Waals surface area contributed by atoms with Crippen LogP contribution in [0.25, 0.3) is 22.3 Å². The lowest BCUT2D eigenvalue weighted by molar-refractivity contribution is 1.05. The fourth-order valence-electron chi connectivity index (χ4n) is 2.20. The van der Waals surface area contributed by atoms with Crippen molar-refractivity contribution in [2.75, 3.05) is 5.32 Å². The Hall–Kier alpha value is -3.06. The Balaban J connectivity index is 0.00000169. The van der Waals surface area contributed by atoms with E-state index in [1.165, 1.54) is 6.33 Å². The number of nitrogens with one attached hydrogen (secondary N) is 2. The Morgan fingerprint density at radius 3 is 2.83 bits per heavy atom. The van der Waals surface area contributed by atoms with Crippen LogP contribution in [0.5, 0.6) is 0 Å². The minimum Gasteiger partial charge on any atom is -0.307 e. The molecule has 120 valence electrons. The zero-order valence-corrected chi connectivity index (χ0v) is 12.5. The fourth-order valence-corrected chi connectivity index (χ4v) is 2.42. The van der Waals surface area contributed by atoms with Gasteiger partial charge in [0.25, 0.3) is 0 Å². The molecule has 8 heteroatoms. The molecule has 24 heavy (non-hydrogen) atoms. The second-order valence-electron chi connectivity index (χ2n) is 4.73. The second kappa shape index (κ2) is 6.59. The average molecular weight is 340 g/mol. The molecule has 3 aromatic heterocycles. The summed E-state index contributed by atoms with van der Waals surface area (Å²) in [5.41, 5.74) is 1.58. The molecular weight excluding hydrogens is 326 g/mol. The summed E-state index contributed by atoms with van der Waals surface area (Å²) in [5, 5.41) is 11.7. The Bertz CT molecular complexity index is 983. The lowest BCUT2D eigenvalue weighted by Crippen LogP contribution is -2.00. The molecule has 0 aliphatic carbocycles. The smallest absolute Gasteiger partial charge is 0.231 e. The summed E-state index contributed by atoms with van der Waals surface area (Å²) in [7, 11) is 0. The highest BCUT2D eigenvalue weighted by Gasteiger charge is 2.10. The zero-order valence-electron chi connectivity index (χ0n) is 11.7. The van der Waals surface area contributed by atoms with Gasteiger partial charge in [0.1, 0.15) is 6.33 Å². The van der Waals surface area contributed by atoms with Crippen LogP contribution in [0.2, 0.25) is 5.02 Å². The van der Waals surface area contributed by atoms with E-state index in [1.54, 1.807) is 18.5 Å². The summed E-state index contributed by atoms with van der Waals surface area (Å²) < 4.78 is 0. The normalized spacial score (nSPS) is 10.4. The van der Waals surface area contributed by atoms with Crippen LogP contribution < -0.4 is 5.32 Å². The summed E-state index contributed by atoms with van der Waals surface area (Å²) in [6.07, 6.45) is 4.84. The first kappa shape index (κ1) is 15.8.